The highest BCUT2D eigenvalue weighted by Crippen LogP contribution is 2.13. The normalized spacial score (nSPS) is 11.7. The van der Waals surface area contributed by atoms with E-state index in [0.29, 0.717) is 10.7 Å². The molecule has 0 unspecified atom stereocenters. The average Bonchev–Trinajstić information content (AvgIpc) is 3.08. The van der Waals surface area contributed by atoms with Gasteiger partial charge in [-0.25, -0.2) is 12.9 Å². The molecule has 27 heavy (non-hydrogen) atoms. The van der Waals surface area contributed by atoms with Gasteiger partial charge in [-0.05, 0) is 42.0 Å². The Morgan fingerprint density at radius 3 is 2.74 bits per heavy atom. The standard InChI is InChI=1S/C18H17ClN4O3S/c19-15-4-1-14(2-5-15)3-6-18(24)20-10-12-27(25,26)22-16-8-11-23-17(13-16)7-9-21-23/h1-9,11,13,22H,10,12H2,(H,20,24). The molecule has 2 N–H and O–H groups in total. The van der Waals surface area contributed by atoms with Gasteiger partial charge < -0.3 is 5.32 Å². The van der Waals surface area contributed by atoms with Crippen molar-refractivity contribution in [3.8, 4) is 0 Å². The monoisotopic (exact) mass is 404 g/mol. The zero-order chi connectivity index (χ0) is 19.3. The van der Waals surface area contributed by atoms with Crippen molar-refractivity contribution in [1.29, 1.82) is 0 Å². The van der Waals surface area contributed by atoms with E-state index in [0.717, 1.165) is 11.1 Å². The number of benzene rings is 1. The highest BCUT2D eigenvalue weighted by Gasteiger charge is 2.11. The number of hydrogen-bond acceptors (Lipinski definition) is 4. The number of anilines is 1. The maximum absolute atomic E-state index is 12.2. The van der Waals surface area contributed by atoms with E-state index in [1.165, 1.54) is 6.08 Å². The van der Waals surface area contributed by atoms with Crippen LogP contribution in [0.1, 0.15) is 5.56 Å². The topological polar surface area (TPSA) is 92.6 Å². The first-order valence-electron chi connectivity index (χ1n) is 8.07. The molecule has 0 saturated carbocycles. The molecule has 1 aromatic carbocycles. The van der Waals surface area contributed by atoms with Crippen molar-refractivity contribution in [1.82, 2.24) is 14.9 Å². The lowest BCUT2D eigenvalue weighted by Crippen LogP contribution is -2.30. The first-order chi connectivity index (χ1) is 12.9. The van der Waals surface area contributed by atoms with Gasteiger partial charge in [0.15, 0.2) is 0 Å². The summed E-state index contributed by atoms with van der Waals surface area (Å²) in [4.78, 5) is 11.8. The quantitative estimate of drug-likeness (QED) is 0.592. The van der Waals surface area contributed by atoms with Crippen molar-refractivity contribution in [3.05, 3.63) is 71.5 Å². The summed E-state index contributed by atoms with van der Waals surface area (Å²) in [6.07, 6.45) is 6.26. The average molecular weight is 405 g/mol. The molecule has 0 radical (unpaired) electrons. The predicted octanol–water partition coefficient (Wildman–Crippen LogP) is 2.56. The van der Waals surface area contributed by atoms with Gasteiger partial charge in [0.25, 0.3) is 0 Å². The Kier molecular flexibility index (Phi) is 5.78. The summed E-state index contributed by atoms with van der Waals surface area (Å²) >= 11 is 5.80. The highest BCUT2D eigenvalue weighted by molar-refractivity contribution is 7.92. The summed E-state index contributed by atoms with van der Waals surface area (Å²) in [6.45, 7) is -0.00590. The van der Waals surface area contributed by atoms with Gasteiger partial charge in [-0.1, -0.05) is 23.7 Å². The van der Waals surface area contributed by atoms with E-state index >= 15 is 0 Å². The van der Waals surface area contributed by atoms with Crippen LogP contribution in [0.25, 0.3) is 11.6 Å². The Balaban J connectivity index is 1.49. The fraction of sp³-hybridized carbons (Fsp3) is 0.111. The first-order valence-corrected chi connectivity index (χ1v) is 10.1. The summed E-state index contributed by atoms with van der Waals surface area (Å²) in [6, 6.07) is 12.1. The maximum Gasteiger partial charge on any atom is 0.244 e. The number of pyridine rings is 1. The Morgan fingerprint density at radius 2 is 1.96 bits per heavy atom. The van der Waals surface area contributed by atoms with Crippen LogP contribution in [-0.2, 0) is 14.8 Å². The molecule has 3 aromatic rings. The molecule has 1 amide bonds. The third kappa shape index (κ3) is 5.57. The van der Waals surface area contributed by atoms with Gasteiger partial charge >= 0.3 is 0 Å². The van der Waals surface area contributed by atoms with Crippen LogP contribution in [0.2, 0.25) is 5.02 Å². The molecule has 2 heterocycles. The van der Waals surface area contributed by atoms with Gasteiger partial charge in [-0.2, -0.15) is 5.10 Å². The second-order valence-corrected chi connectivity index (χ2v) is 7.99. The number of aromatic nitrogens is 2. The fourth-order valence-electron chi connectivity index (χ4n) is 2.33. The summed E-state index contributed by atoms with van der Waals surface area (Å²) in [5, 5.41) is 7.21. The van der Waals surface area contributed by atoms with Crippen molar-refractivity contribution < 1.29 is 13.2 Å². The summed E-state index contributed by atoms with van der Waals surface area (Å²) in [5.41, 5.74) is 2.03. The minimum Gasteiger partial charge on any atom is -0.351 e. The van der Waals surface area contributed by atoms with E-state index < -0.39 is 10.0 Å². The van der Waals surface area contributed by atoms with Gasteiger partial charge in [0.1, 0.15) is 0 Å². The molecule has 0 aliphatic rings. The fourth-order valence-corrected chi connectivity index (χ4v) is 3.41. The van der Waals surface area contributed by atoms with Crippen LogP contribution in [0.4, 0.5) is 5.69 Å². The Bertz CT molecular complexity index is 1080. The minimum absolute atomic E-state index is 0.00590. The minimum atomic E-state index is -3.59. The molecule has 0 aliphatic heterocycles. The third-order valence-corrected chi connectivity index (χ3v) is 5.18. The number of hydrogen-bond donors (Lipinski definition) is 2. The Labute approximate surface area is 161 Å². The van der Waals surface area contributed by atoms with Crippen molar-refractivity contribution in [2.24, 2.45) is 0 Å². The van der Waals surface area contributed by atoms with Crippen molar-refractivity contribution in [2.45, 2.75) is 0 Å². The lowest BCUT2D eigenvalue weighted by atomic mass is 10.2. The smallest absolute Gasteiger partial charge is 0.244 e. The van der Waals surface area contributed by atoms with Crippen LogP contribution in [0.3, 0.4) is 0 Å². The number of halogens is 1. The number of rotatable bonds is 7. The van der Waals surface area contributed by atoms with Gasteiger partial charge in [-0.15, -0.1) is 0 Å². The first kappa shape index (κ1) is 18.9. The van der Waals surface area contributed by atoms with E-state index in [1.807, 2.05) is 0 Å². The van der Waals surface area contributed by atoms with Crippen LogP contribution < -0.4 is 10.0 Å². The Hall–Kier alpha value is -2.84. The zero-order valence-corrected chi connectivity index (χ0v) is 15.7. The molecule has 2 aromatic heterocycles. The number of carbonyl (C=O) groups excluding carboxylic acids is 1. The number of nitrogens with zero attached hydrogens (tertiary/aromatic N) is 2. The van der Waals surface area contributed by atoms with Crippen molar-refractivity contribution in [3.63, 3.8) is 0 Å². The molecule has 9 heteroatoms. The van der Waals surface area contributed by atoms with E-state index in [-0.39, 0.29) is 18.2 Å². The lowest BCUT2D eigenvalue weighted by molar-refractivity contribution is -0.116. The molecule has 0 aliphatic carbocycles. The number of fused-ring (bicyclic) bond motifs is 1. The van der Waals surface area contributed by atoms with Gasteiger partial charge in [0, 0.05) is 30.0 Å². The number of nitrogens with one attached hydrogen (secondary N) is 2. The van der Waals surface area contributed by atoms with E-state index in [4.69, 9.17) is 11.6 Å². The van der Waals surface area contributed by atoms with Gasteiger partial charge in [-0.3, -0.25) is 9.52 Å². The lowest BCUT2D eigenvalue weighted by Gasteiger charge is -2.08. The second kappa shape index (κ2) is 8.24. The van der Waals surface area contributed by atoms with Crippen LogP contribution >= 0.6 is 11.6 Å². The van der Waals surface area contributed by atoms with Crippen LogP contribution in [-0.4, -0.2) is 36.2 Å². The molecule has 0 fully saturated rings. The molecule has 0 atom stereocenters. The van der Waals surface area contributed by atoms with E-state index in [1.54, 1.807) is 65.4 Å². The molecule has 0 bridgehead atoms. The van der Waals surface area contributed by atoms with Crippen LogP contribution in [0, 0.1) is 0 Å². The number of amides is 1. The zero-order valence-electron chi connectivity index (χ0n) is 14.2. The van der Waals surface area contributed by atoms with E-state index in [2.05, 4.69) is 15.1 Å². The highest BCUT2D eigenvalue weighted by atomic mass is 35.5. The molecule has 3 rings (SSSR count). The molecule has 0 saturated heterocycles. The van der Waals surface area contributed by atoms with Gasteiger partial charge in [0.2, 0.25) is 15.9 Å². The molecule has 7 nitrogen and oxygen atoms in total. The summed E-state index contributed by atoms with van der Waals surface area (Å²) < 4.78 is 28.4. The van der Waals surface area contributed by atoms with Crippen molar-refractivity contribution in [2.75, 3.05) is 17.0 Å². The largest absolute Gasteiger partial charge is 0.351 e. The van der Waals surface area contributed by atoms with Crippen LogP contribution in [0.5, 0.6) is 0 Å². The van der Waals surface area contributed by atoms with Crippen LogP contribution in [0.15, 0.2) is 60.9 Å². The second-order valence-electron chi connectivity index (χ2n) is 5.71. The number of sulfonamides is 1. The predicted molar refractivity (Wildman–Crippen MR) is 106 cm³/mol. The summed E-state index contributed by atoms with van der Waals surface area (Å²) in [5.74, 6) is -0.612. The SMILES string of the molecule is O=C(C=Cc1ccc(Cl)cc1)NCCS(=O)(=O)Nc1ccn2nccc2c1. The molecular formula is C18H17ClN4O3S. The molecule has 140 valence electrons. The van der Waals surface area contributed by atoms with Gasteiger partial charge in [0.05, 0.1) is 17.0 Å². The molecular weight excluding hydrogens is 388 g/mol. The summed E-state index contributed by atoms with van der Waals surface area (Å²) in [7, 11) is -3.59. The van der Waals surface area contributed by atoms with Crippen molar-refractivity contribution >= 4 is 44.8 Å². The third-order valence-electron chi connectivity index (χ3n) is 3.64. The Morgan fingerprint density at radius 1 is 1.19 bits per heavy atom. The van der Waals surface area contributed by atoms with E-state index in [9.17, 15) is 13.2 Å². The maximum atomic E-state index is 12.2. The molecule has 0 spiro atoms. The number of carbonyl (C=O) groups is 1.